The lowest BCUT2D eigenvalue weighted by molar-refractivity contribution is -0.138. The quantitative estimate of drug-likeness (QED) is 0.739. The number of nitrogens with zero attached hydrogens (tertiary/aromatic N) is 3. The van der Waals surface area contributed by atoms with Gasteiger partial charge in [-0.3, -0.25) is 4.79 Å². The van der Waals surface area contributed by atoms with Gasteiger partial charge in [-0.25, -0.2) is 4.98 Å². The number of likely N-dealkylation sites (tertiary alicyclic amines) is 1. The number of hydrogen-bond donors (Lipinski definition) is 1. The summed E-state index contributed by atoms with van der Waals surface area (Å²) in [5.74, 6) is 0.858. The number of nitrogens with one attached hydrogen (secondary N) is 1. The summed E-state index contributed by atoms with van der Waals surface area (Å²) in [5.41, 5.74) is 0.131. The molecule has 1 aliphatic heterocycles. The Morgan fingerprint density at radius 3 is 2.86 bits per heavy atom. The number of rotatable bonds is 8. The average molecular weight is 385 g/mol. The fourth-order valence-corrected chi connectivity index (χ4v) is 4.68. The van der Waals surface area contributed by atoms with E-state index in [4.69, 9.17) is 4.74 Å². The molecule has 28 heavy (non-hydrogen) atoms. The molecule has 0 aromatic carbocycles. The molecule has 1 N–H and O–H groups in total. The highest BCUT2D eigenvalue weighted by molar-refractivity contribution is 5.86. The van der Waals surface area contributed by atoms with E-state index in [0.29, 0.717) is 30.1 Å². The first-order valence-electron chi connectivity index (χ1n) is 10.6. The molecule has 1 atom stereocenters. The second-order valence-electron chi connectivity index (χ2n) is 8.16. The van der Waals surface area contributed by atoms with Crippen LogP contribution in [0.4, 0.5) is 5.82 Å². The van der Waals surface area contributed by atoms with Crippen LogP contribution < -0.4 is 5.32 Å². The lowest BCUT2D eigenvalue weighted by Crippen LogP contribution is -2.45. The molecule has 0 spiro atoms. The zero-order valence-corrected chi connectivity index (χ0v) is 17.1. The van der Waals surface area contributed by atoms with Crippen molar-refractivity contribution in [2.24, 2.45) is 5.41 Å². The van der Waals surface area contributed by atoms with Crippen LogP contribution in [-0.4, -0.2) is 48.1 Å². The number of pyridine rings is 1. The van der Waals surface area contributed by atoms with E-state index in [9.17, 15) is 10.1 Å². The molecule has 1 amide bonds. The first-order chi connectivity index (χ1) is 13.6. The number of carbonyl (C=O) groups is 1. The highest BCUT2D eigenvalue weighted by atomic mass is 16.5. The van der Waals surface area contributed by atoms with Gasteiger partial charge in [-0.1, -0.05) is 19.8 Å². The van der Waals surface area contributed by atoms with Crippen LogP contribution in [0.3, 0.4) is 0 Å². The molecular weight excluding hydrogens is 352 g/mol. The first-order valence-corrected chi connectivity index (χ1v) is 10.6. The second kappa shape index (κ2) is 9.38. The molecule has 0 bridgehead atoms. The number of aromatic nitrogens is 1. The van der Waals surface area contributed by atoms with Crippen molar-refractivity contribution in [2.45, 2.75) is 70.4 Å². The Labute approximate surface area is 168 Å². The molecule has 1 saturated heterocycles. The predicted molar refractivity (Wildman–Crippen MR) is 109 cm³/mol. The van der Waals surface area contributed by atoms with E-state index in [2.05, 4.69) is 28.2 Å². The Morgan fingerprint density at radius 1 is 1.39 bits per heavy atom. The van der Waals surface area contributed by atoms with Gasteiger partial charge in [0.2, 0.25) is 5.91 Å². The molecule has 1 saturated carbocycles. The van der Waals surface area contributed by atoms with E-state index in [1.54, 1.807) is 25.4 Å². The number of carbonyl (C=O) groups excluding carboxylic acids is 1. The standard InChI is InChI=1S/C22H32N4O2/c1-3-4-11-22(16-25-20-17(15-23)6-5-13-24-20)12-14-26(21(22)27)18-7-9-19(28-2)10-8-18/h5-6,13,18-19H,3-4,7-12,14,16H2,1-2H3,(H,24,25)/t18?,19?,22-/m1/s1. The molecule has 2 fully saturated rings. The molecule has 1 aromatic rings. The van der Waals surface area contributed by atoms with Crippen molar-refractivity contribution in [2.75, 3.05) is 25.5 Å². The van der Waals surface area contributed by atoms with Gasteiger partial charge in [-0.15, -0.1) is 0 Å². The van der Waals surface area contributed by atoms with Crippen molar-refractivity contribution in [1.29, 1.82) is 5.26 Å². The van der Waals surface area contributed by atoms with Crippen molar-refractivity contribution < 1.29 is 9.53 Å². The second-order valence-corrected chi connectivity index (χ2v) is 8.16. The SMILES string of the molecule is CCCC[C@]1(CNc2ncccc2C#N)CCN(C2CCC(OC)CC2)C1=O. The highest BCUT2D eigenvalue weighted by Crippen LogP contribution is 2.40. The van der Waals surface area contributed by atoms with E-state index in [1.807, 2.05) is 0 Å². The number of ether oxygens (including phenoxy) is 1. The van der Waals surface area contributed by atoms with Gasteiger partial charge in [0.05, 0.1) is 17.1 Å². The highest BCUT2D eigenvalue weighted by Gasteiger charge is 2.48. The minimum Gasteiger partial charge on any atom is -0.381 e. The third-order valence-corrected chi connectivity index (χ3v) is 6.49. The van der Waals surface area contributed by atoms with Crippen LogP contribution in [0.25, 0.3) is 0 Å². The molecular formula is C22H32N4O2. The van der Waals surface area contributed by atoms with E-state index in [1.165, 1.54) is 0 Å². The number of amides is 1. The Kier molecular flexibility index (Phi) is 6.90. The summed E-state index contributed by atoms with van der Waals surface area (Å²) in [4.78, 5) is 20.0. The summed E-state index contributed by atoms with van der Waals surface area (Å²) in [6.07, 6.45) is 10.0. The Bertz CT molecular complexity index is 709. The van der Waals surface area contributed by atoms with Crippen LogP contribution in [-0.2, 0) is 9.53 Å². The van der Waals surface area contributed by atoms with Gasteiger partial charge in [0, 0.05) is 32.4 Å². The number of anilines is 1. The maximum absolute atomic E-state index is 13.5. The molecule has 152 valence electrons. The Balaban J connectivity index is 1.71. The minimum atomic E-state index is -0.391. The third-order valence-electron chi connectivity index (χ3n) is 6.49. The van der Waals surface area contributed by atoms with Gasteiger partial charge < -0.3 is 15.0 Å². The fraction of sp³-hybridized carbons (Fsp3) is 0.682. The molecule has 0 radical (unpaired) electrons. The van der Waals surface area contributed by atoms with Crippen LogP contribution in [0.5, 0.6) is 0 Å². The van der Waals surface area contributed by atoms with Gasteiger partial charge in [-0.2, -0.15) is 5.26 Å². The van der Waals surface area contributed by atoms with Gasteiger partial charge in [0.25, 0.3) is 0 Å². The Hall–Kier alpha value is -2.13. The summed E-state index contributed by atoms with van der Waals surface area (Å²) in [6, 6.07) is 6.03. The molecule has 3 rings (SSSR count). The fourth-order valence-electron chi connectivity index (χ4n) is 4.68. The number of nitriles is 1. The van der Waals surface area contributed by atoms with Gasteiger partial charge in [-0.05, 0) is 50.7 Å². The van der Waals surface area contributed by atoms with Crippen LogP contribution in [0.15, 0.2) is 18.3 Å². The van der Waals surface area contributed by atoms with E-state index in [-0.39, 0.29) is 5.91 Å². The van der Waals surface area contributed by atoms with E-state index >= 15 is 0 Å². The number of methoxy groups -OCH3 is 1. The van der Waals surface area contributed by atoms with Crippen molar-refractivity contribution in [1.82, 2.24) is 9.88 Å². The molecule has 1 aromatic heterocycles. The Morgan fingerprint density at radius 2 is 2.18 bits per heavy atom. The van der Waals surface area contributed by atoms with Gasteiger partial charge >= 0.3 is 0 Å². The maximum atomic E-state index is 13.5. The van der Waals surface area contributed by atoms with E-state index in [0.717, 1.165) is 57.9 Å². The van der Waals surface area contributed by atoms with Gasteiger partial charge in [0.15, 0.2) is 0 Å². The summed E-state index contributed by atoms with van der Waals surface area (Å²) in [7, 11) is 1.78. The summed E-state index contributed by atoms with van der Waals surface area (Å²) in [6.45, 7) is 3.54. The maximum Gasteiger partial charge on any atom is 0.230 e. The summed E-state index contributed by atoms with van der Waals surface area (Å²) in [5, 5.41) is 12.6. The topological polar surface area (TPSA) is 78.2 Å². The third kappa shape index (κ3) is 4.30. The zero-order valence-electron chi connectivity index (χ0n) is 17.1. The van der Waals surface area contributed by atoms with Crippen molar-refractivity contribution >= 4 is 11.7 Å². The number of hydrogen-bond acceptors (Lipinski definition) is 5. The zero-order chi connectivity index (χ0) is 20.0. The molecule has 0 unspecified atom stereocenters. The van der Waals surface area contributed by atoms with Crippen LogP contribution in [0.2, 0.25) is 0 Å². The molecule has 1 aliphatic carbocycles. The first kappa shape index (κ1) is 20.6. The van der Waals surface area contributed by atoms with Crippen molar-refractivity contribution in [3.05, 3.63) is 23.9 Å². The minimum absolute atomic E-state index is 0.281. The normalized spacial score (nSPS) is 27.6. The van der Waals surface area contributed by atoms with Crippen LogP contribution >= 0.6 is 0 Å². The molecule has 2 heterocycles. The van der Waals surface area contributed by atoms with Crippen molar-refractivity contribution in [3.63, 3.8) is 0 Å². The monoisotopic (exact) mass is 384 g/mol. The summed E-state index contributed by atoms with van der Waals surface area (Å²) < 4.78 is 5.49. The van der Waals surface area contributed by atoms with Crippen molar-refractivity contribution in [3.8, 4) is 6.07 Å². The largest absolute Gasteiger partial charge is 0.381 e. The molecule has 2 aliphatic rings. The summed E-state index contributed by atoms with van der Waals surface area (Å²) >= 11 is 0. The van der Waals surface area contributed by atoms with Crippen LogP contribution in [0.1, 0.15) is 63.9 Å². The predicted octanol–water partition coefficient (Wildman–Crippen LogP) is 3.73. The van der Waals surface area contributed by atoms with E-state index < -0.39 is 5.41 Å². The molecule has 6 heteroatoms. The van der Waals surface area contributed by atoms with Crippen LogP contribution in [0, 0.1) is 16.7 Å². The smallest absolute Gasteiger partial charge is 0.230 e. The van der Waals surface area contributed by atoms with Gasteiger partial charge in [0.1, 0.15) is 11.9 Å². The number of unbranched alkanes of at least 4 members (excludes halogenated alkanes) is 1. The molecule has 6 nitrogen and oxygen atoms in total. The average Bonchev–Trinajstić information content (AvgIpc) is 3.07. The lowest BCUT2D eigenvalue weighted by Gasteiger charge is -2.36. The lowest BCUT2D eigenvalue weighted by atomic mass is 9.80.